The summed E-state index contributed by atoms with van der Waals surface area (Å²) in [6.45, 7) is 4.24. The van der Waals surface area contributed by atoms with E-state index >= 15 is 0 Å². The Bertz CT molecular complexity index is 1040. The molecule has 0 radical (unpaired) electrons. The molecule has 0 rings (SSSR count). The second-order valence-corrected chi connectivity index (χ2v) is 21.0. The Hall–Kier alpha value is -1.43. The fraction of sp³-hybridized carbons (Fsp3) is 0.887. The second kappa shape index (κ2) is 57.2. The highest BCUT2D eigenvalue weighted by atomic mass is 16.3. The lowest BCUT2D eigenvalue weighted by atomic mass is 10.0. The summed E-state index contributed by atoms with van der Waals surface area (Å²) in [5.41, 5.74) is 0. The van der Waals surface area contributed by atoms with Crippen molar-refractivity contribution in [2.24, 2.45) is 0 Å². The van der Waals surface area contributed by atoms with Crippen LogP contribution in [0.2, 0.25) is 0 Å². The van der Waals surface area contributed by atoms with Crippen LogP contribution in [0.1, 0.15) is 328 Å². The molecular formula is C62H119NO4. The smallest absolute Gasteiger partial charge is 0.222 e. The van der Waals surface area contributed by atoms with Crippen molar-refractivity contribution in [1.29, 1.82) is 0 Å². The Morgan fingerprint density at radius 2 is 0.642 bits per heavy atom. The van der Waals surface area contributed by atoms with E-state index in [0.29, 0.717) is 6.42 Å². The average Bonchev–Trinajstić information content (AvgIpc) is 3.32. The van der Waals surface area contributed by atoms with E-state index in [1.807, 2.05) is 6.08 Å². The number of carbonyl (C=O) groups excluding carboxylic acids is 1. The van der Waals surface area contributed by atoms with Crippen molar-refractivity contribution in [1.82, 2.24) is 5.32 Å². The zero-order valence-electron chi connectivity index (χ0n) is 45.3. The number of allylic oxidation sites excluding steroid dienone is 5. The van der Waals surface area contributed by atoms with Crippen LogP contribution in [0.5, 0.6) is 0 Å². The predicted molar refractivity (Wildman–Crippen MR) is 296 cm³/mol. The lowest BCUT2D eigenvalue weighted by molar-refractivity contribution is -0.124. The van der Waals surface area contributed by atoms with Gasteiger partial charge in [0.1, 0.15) is 0 Å². The molecule has 1 amide bonds. The fourth-order valence-electron chi connectivity index (χ4n) is 9.53. The number of aliphatic hydroxyl groups excluding tert-OH is 3. The van der Waals surface area contributed by atoms with Crippen LogP contribution in [0.4, 0.5) is 0 Å². The first kappa shape index (κ1) is 65.6. The molecule has 0 saturated carbocycles. The van der Waals surface area contributed by atoms with Gasteiger partial charge in [-0.25, -0.2) is 0 Å². The summed E-state index contributed by atoms with van der Waals surface area (Å²) in [4.78, 5) is 12.5. The standard InChI is InChI=1S/C62H119NO4/c1-3-5-7-9-11-13-15-17-19-21-23-25-27-28-29-30-31-32-34-35-37-39-41-43-45-47-49-51-53-55-59(65)57-62(67)63-60(58-64)61(66)56-54-52-50-48-46-44-42-40-38-36-33-26-24-22-20-18-16-14-12-10-8-6-4-2/h28-29,46,48,54,56,59-61,64-66H,3-27,30-45,47,49-53,55,57-58H2,1-2H3,(H,63,67)/b29-28-,48-46+,56-54+. The van der Waals surface area contributed by atoms with Crippen LogP contribution in [0, 0.1) is 0 Å². The van der Waals surface area contributed by atoms with Crippen molar-refractivity contribution in [3.05, 3.63) is 36.5 Å². The maximum absolute atomic E-state index is 12.5. The summed E-state index contributed by atoms with van der Waals surface area (Å²) in [5, 5.41) is 33.5. The first-order valence-electron chi connectivity index (χ1n) is 30.3. The van der Waals surface area contributed by atoms with Gasteiger partial charge in [0.2, 0.25) is 5.91 Å². The largest absolute Gasteiger partial charge is 0.394 e. The Morgan fingerprint density at radius 3 is 0.955 bits per heavy atom. The van der Waals surface area contributed by atoms with Crippen LogP contribution < -0.4 is 5.32 Å². The molecule has 0 aromatic heterocycles. The molecule has 0 aromatic rings. The zero-order valence-corrected chi connectivity index (χ0v) is 45.3. The van der Waals surface area contributed by atoms with E-state index in [4.69, 9.17) is 0 Å². The zero-order chi connectivity index (χ0) is 48.6. The summed E-state index contributed by atoms with van der Waals surface area (Å²) in [5.74, 6) is -0.321. The SMILES string of the molecule is CCCCCCCCCCCCCC/C=C\CCCCCCCCCCCCCCCC(O)CC(=O)NC(CO)C(O)/C=C/CC/C=C/CCCCCCCCCCCCCCCCCCC. The van der Waals surface area contributed by atoms with Gasteiger partial charge in [-0.2, -0.15) is 0 Å². The van der Waals surface area contributed by atoms with Gasteiger partial charge in [0.25, 0.3) is 0 Å². The van der Waals surface area contributed by atoms with E-state index in [2.05, 4.69) is 43.5 Å². The minimum absolute atomic E-state index is 0.00769. The normalized spacial score (nSPS) is 13.4. The molecule has 5 heteroatoms. The van der Waals surface area contributed by atoms with E-state index in [1.165, 1.54) is 270 Å². The molecule has 0 aliphatic heterocycles. The number of carbonyl (C=O) groups is 1. The molecule has 67 heavy (non-hydrogen) atoms. The minimum Gasteiger partial charge on any atom is -0.394 e. The summed E-state index contributed by atoms with van der Waals surface area (Å²) in [7, 11) is 0. The highest BCUT2D eigenvalue weighted by Gasteiger charge is 2.20. The first-order chi connectivity index (χ1) is 33.0. The van der Waals surface area contributed by atoms with Crippen molar-refractivity contribution in [2.45, 2.75) is 347 Å². The van der Waals surface area contributed by atoms with Gasteiger partial charge in [-0.15, -0.1) is 0 Å². The minimum atomic E-state index is -0.953. The van der Waals surface area contributed by atoms with E-state index in [1.54, 1.807) is 6.08 Å². The second-order valence-electron chi connectivity index (χ2n) is 21.0. The molecule has 0 aliphatic rings. The van der Waals surface area contributed by atoms with Gasteiger partial charge >= 0.3 is 0 Å². The average molecular weight is 943 g/mol. The third-order valence-electron chi connectivity index (χ3n) is 14.1. The lowest BCUT2D eigenvalue weighted by Crippen LogP contribution is -2.45. The molecule has 0 heterocycles. The number of nitrogens with one attached hydrogen (secondary N) is 1. The molecule has 3 unspecified atom stereocenters. The molecule has 4 N–H and O–H groups in total. The molecule has 3 atom stereocenters. The van der Waals surface area contributed by atoms with Crippen molar-refractivity contribution >= 4 is 5.91 Å². The van der Waals surface area contributed by atoms with Gasteiger partial charge in [-0.1, -0.05) is 301 Å². The van der Waals surface area contributed by atoms with Crippen molar-refractivity contribution in [3.8, 4) is 0 Å². The van der Waals surface area contributed by atoms with Crippen molar-refractivity contribution in [2.75, 3.05) is 6.61 Å². The number of rotatable bonds is 56. The van der Waals surface area contributed by atoms with Gasteiger partial charge in [-0.05, 0) is 57.8 Å². The van der Waals surface area contributed by atoms with Crippen LogP contribution in [0.3, 0.4) is 0 Å². The van der Waals surface area contributed by atoms with Gasteiger partial charge in [0.05, 0.1) is 31.3 Å². The third-order valence-corrected chi connectivity index (χ3v) is 14.1. The van der Waals surface area contributed by atoms with E-state index in [-0.39, 0.29) is 18.9 Å². The fourth-order valence-corrected chi connectivity index (χ4v) is 9.53. The highest BCUT2D eigenvalue weighted by Crippen LogP contribution is 2.18. The summed E-state index contributed by atoms with van der Waals surface area (Å²) in [6, 6.07) is -0.762. The van der Waals surface area contributed by atoms with Gasteiger partial charge in [-0.3, -0.25) is 4.79 Å². The molecule has 0 spiro atoms. The number of hydrogen-bond donors (Lipinski definition) is 4. The first-order valence-corrected chi connectivity index (χ1v) is 30.3. The molecule has 0 bridgehead atoms. The van der Waals surface area contributed by atoms with Crippen LogP contribution in [0.15, 0.2) is 36.5 Å². The third kappa shape index (κ3) is 53.8. The number of aliphatic hydroxyl groups is 3. The predicted octanol–water partition coefficient (Wildman–Crippen LogP) is 19.0. The highest BCUT2D eigenvalue weighted by molar-refractivity contribution is 5.76. The van der Waals surface area contributed by atoms with Crippen molar-refractivity contribution < 1.29 is 20.1 Å². The quantitative estimate of drug-likeness (QED) is 0.0361. The molecule has 5 nitrogen and oxygen atoms in total. The molecule has 0 aliphatic carbocycles. The maximum Gasteiger partial charge on any atom is 0.222 e. The van der Waals surface area contributed by atoms with Crippen LogP contribution in [0.25, 0.3) is 0 Å². The summed E-state index contributed by atoms with van der Waals surface area (Å²) < 4.78 is 0. The Labute approximate surface area is 419 Å². The Balaban J connectivity index is 3.56. The summed E-state index contributed by atoms with van der Waals surface area (Å²) in [6.07, 6.45) is 75.0. The number of unbranched alkanes of at least 4 members (excludes halogenated alkanes) is 43. The van der Waals surface area contributed by atoms with Crippen LogP contribution >= 0.6 is 0 Å². The van der Waals surface area contributed by atoms with E-state index in [0.717, 1.165) is 32.1 Å². The molecule has 0 aromatic carbocycles. The molecule has 396 valence electrons. The number of hydrogen-bond acceptors (Lipinski definition) is 4. The van der Waals surface area contributed by atoms with Crippen LogP contribution in [-0.2, 0) is 4.79 Å². The molecular weight excluding hydrogens is 823 g/mol. The van der Waals surface area contributed by atoms with Crippen LogP contribution in [-0.4, -0.2) is 46.1 Å². The summed E-state index contributed by atoms with van der Waals surface area (Å²) >= 11 is 0. The Kier molecular flexibility index (Phi) is 55.9. The monoisotopic (exact) mass is 942 g/mol. The van der Waals surface area contributed by atoms with Gasteiger partial charge in [0, 0.05) is 0 Å². The van der Waals surface area contributed by atoms with E-state index < -0.39 is 18.2 Å². The molecule has 0 saturated heterocycles. The van der Waals surface area contributed by atoms with Gasteiger partial charge < -0.3 is 20.6 Å². The number of amides is 1. The molecule has 0 fully saturated rings. The lowest BCUT2D eigenvalue weighted by Gasteiger charge is -2.21. The maximum atomic E-state index is 12.5. The Morgan fingerprint density at radius 1 is 0.373 bits per heavy atom. The van der Waals surface area contributed by atoms with E-state index in [9.17, 15) is 20.1 Å². The van der Waals surface area contributed by atoms with Gasteiger partial charge in [0.15, 0.2) is 0 Å². The topological polar surface area (TPSA) is 89.8 Å². The van der Waals surface area contributed by atoms with Crippen molar-refractivity contribution in [3.63, 3.8) is 0 Å².